The van der Waals surface area contributed by atoms with E-state index in [1.807, 2.05) is 40.7 Å². The molecule has 0 unspecified atom stereocenters. The van der Waals surface area contributed by atoms with Crippen LogP contribution in [0.3, 0.4) is 0 Å². The molecule has 0 aliphatic carbocycles. The van der Waals surface area contributed by atoms with Crippen LogP contribution >= 0.6 is 0 Å². The van der Waals surface area contributed by atoms with Gasteiger partial charge in [-0.25, -0.2) is 4.79 Å². The van der Waals surface area contributed by atoms with Crippen molar-refractivity contribution in [2.45, 2.75) is 64.6 Å². The van der Waals surface area contributed by atoms with E-state index in [2.05, 4.69) is 5.32 Å². The van der Waals surface area contributed by atoms with Crippen LogP contribution in [0.25, 0.3) is 0 Å². The lowest BCUT2D eigenvalue weighted by Gasteiger charge is -2.50. The first-order valence-corrected chi connectivity index (χ1v) is 7.84. The molecular formula is C17H27N3O3. The van der Waals surface area contributed by atoms with Crippen LogP contribution in [0.1, 0.15) is 46.1 Å². The Labute approximate surface area is 137 Å². The fraction of sp³-hybridized carbons (Fsp3) is 0.588. The molecule has 6 nitrogen and oxygen atoms in total. The number of nitrogens with one attached hydrogen (secondary N) is 1. The summed E-state index contributed by atoms with van der Waals surface area (Å²) in [4.78, 5) is 12.1. The van der Waals surface area contributed by atoms with E-state index in [4.69, 9.17) is 10.5 Å². The molecule has 0 saturated carbocycles. The van der Waals surface area contributed by atoms with Crippen LogP contribution in [0.5, 0.6) is 0 Å². The van der Waals surface area contributed by atoms with E-state index >= 15 is 0 Å². The quantitative estimate of drug-likeness (QED) is 0.725. The van der Waals surface area contributed by atoms with Crippen molar-refractivity contribution in [3.8, 4) is 0 Å². The largest absolute Gasteiger partial charge is 0.446 e. The SMILES string of the molecule is Cc1ccc(NC(=O)OC2CC(C)(C)N(O)C(C)(C)C2)cc1N. The van der Waals surface area contributed by atoms with E-state index in [1.54, 1.807) is 12.1 Å². The molecule has 0 bridgehead atoms. The predicted octanol–water partition coefficient (Wildman–Crippen LogP) is 3.54. The third kappa shape index (κ3) is 3.95. The Morgan fingerprint density at radius 1 is 1.30 bits per heavy atom. The van der Waals surface area contributed by atoms with E-state index in [1.165, 1.54) is 5.06 Å². The highest BCUT2D eigenvalue weighted by molar-refractivity contribution is 5.85. The number of hydrogen-bond acceptors (Lipinski definition) is 5. The number of amides is 1. The van der Waals surface area contributed by atoms with Gasteiger partial charge in [0.05, 0.1) is 0 Å². The highest BCUT2D eigenvalue weighted by Gasteiger charge is 2.46. The van der Waals surface area contributed by atoms with E-state index in [0.717, 1.165) is 5.56 Å². The molecule has 4 N–H and O–H groups in total. The van der Waals surface area contributed by atoms with Crippen LogP contribution in [0, 0.1) is 6.92 Å². The number of rotatable bonds is 2. The fourth-order valence-corrected chi connectivity index (χ4v) is 3.28. The van der Waals surface area contributed by atoms with Crippen molar-refractivity contribution < 1.29 is 14.7 Å². The molecule has 1 aromatic rings. The smallest absolute Gasteiger partial charge is 0.411 e. The number of aryl methyl sites for hydroxylation is 1. The summed E-state index contributed by atoms with van der Waals surface area (Å²) in [5.41, 5.74) is 7.12. The monoisotopic (exact) mass is 321 g/mol. The van der Waals surface area contributed by atoms with E-state index in [9.17, 15) is 10.0 Å². The summed E-state index contributed by atoms with van der Waals surface area (Å²) in [6, 6.07) is 5.35. The molecule has 23 heavy (non-hydrogen) atoms. The number of nitrogens with zero attached hydrogens (tertiary/aromatic N) is 1. The second-order valence-corrected chi connectivity index (χ2v) is 7.57. The molecule has 1 heterocycles. The Bertz CT molecular complexity index is 581. The number of carbonyl (C=O) groups excluding carboxylic acids is 1. The van der Waals surface area contributed by atoms with Gasteiger partial charge < -0.3 is 15.7 Å². The predicted molar refractivity (Wildman–Crippen MR) is 90.5 cm³/mol. The van der Waals surface area contributed by atoms with Gasteiger partial charge >= 0.3 is 6.09 Å². The van der Waals surface area contributed by atoms with Crippen LogP contribution in [0.4, 0.5) is 16.2 Å². The minimum absolute atomic E-state index is 0.258. The minimum Gasteiger partial charge on any atom is -0.446 e. The van der Waals surface area contributed by atoms with Gasteiger partial charge in [0, 0.05) is 35.3 Å². The number of benzene rings is 1. The first kappa shape index (κ1) is 17.6. The first-order valence-electron chi connectivity index (χ1n) is 7.84. The number of nitrogen functional groups attached to an aromatic ring is 1. The topological polar surface area (TPSA) is 87.8 Å². The van der Waals surface area contributed by atoms with Crippen LogP contribution in [-0.2, 0) is 4.74 Å². The van der Waals surface area contributed by atoms with Gasteiger partial charge in [-0.3, -0.25) is 5.32 Å². The Hall–Kier alpha value is -1.79. The van der Waals surface area contributed by atoms with Gasteiger partial charge in [-0.1, -0.05) is 6.07 Å². The maximum atomic E-state index is 12.1. The van der Waals surface area contributed by atoms with E-state index in [-0.39, 0.29) is 6.10 Å². The zero-order valence-corrected chi connectivity index (χ0v) is 14.5. The molecule has 1 fully saturated rings. The summed E-state index contributed by atoms with van der Waals surface area (Å²) in [6.45, 7) is 9.64. The van der Waals surface area contributed by atoms with Gasteiger partial charge in [0.1, 0.15) is 6.10 Å². The van der Waals surface area contributed by atoms with Crippen molar-refractivity contribution >= 4 is 17.5 Å². The lowest BCUT2D eigenvalue weighted by molar-refractivity contribution is -0.256. The van der Waals surface area contributed by atoms with Crippen molar-refractivity contribution in [2.75, 3.05) is 11.1 Å². The Morgan fingerprint density at radius 2 is 1.87 bits per heavy atom. The molecule has 1 aliphatic rings. The van der Waals surface area contributed by atoms with Gasteiger partial charge in [-0.05, 0) is 52.3 Å². The number of anilines is 2. The molecule has 1 saturated heterocycles. The Balaban J connectivity index is 2.01. The highest BCUT2D eigenvalue weighted by atomic mass is 16.6. The zero-order chi connectivity index (χ0) is 17.4. The number of carbonyl (C=O) groups is 1. The number of hydrogen-bond donors (Lipinski definition) is 3. The minimum atomic E-state index is -0.503. The molecule has 2 rings (SSSR count). The average Bonchev–Trinajstić information content (AvgIpc) is 2.39. The van der Waals surface area contributed by atoms with Crippen molar-refractivity contribution in [2.24, 2.45) is 0 Å². The number of piperidine rings is 1. The fourth-order valence-electron chi connectivity index (χ4n) is 3.28. The van der Waals surface area contributed by atoms with Gasteiger partial charge in [-0.2, -0.15) is 5.06 Å². The van der Waals surface area contributed by atoms with E-state index in [0.29, 0.717) is 24.2 Å². The lowest BCUT2D eigenvalue weighted by atomic mass is 9.80. The van der Waals surface area contributed by atoms with Crippen molar-refractivity contribution in [3.63, 3.8) is 0 Å². The van der Waals surface area contributed by atoms with Crippen LogP contribution < -0.4 is 11.1 Å². The maximum Gasteiger partial charge on any atom is 0.411 e. The molecule has 0 atom stereocenters. The second kappa shape index (κ2) is 6.02. The number of ether oxygens (including phenoxy) is 1. The molecule has 0 radical (unpaired) electrons. The lowest BCUT2D eigenvalue weighted by Crippen LogP contribution is -2.60. The average molecular weight is 321 g/mol. The maximum absolute atomic E-state index is 12.1. The third-order valence-corrected chi connectivity index (χ3v) is 4.40. The Morgan fingerprint density at radius 3 is 2.39 bits per heavy atom. The van der Waals surface area contributed by atoms with Gasteiger partial charge in [0.25, 0.3) is 0 Å². The normalized spacial score (nSPS) is 21.0. The second-order valence-electron chi connectivity index (χ2n) is 7.57. The molecule has 1 aromatic carbocycles. The summed E-state index contributed by atoms with van der Waals surface area (Å²) in [5, 5.41) is 14.3. The van der Waals surface area contributed by atoms with Crippen LogP contribution in [-0.4, -0.2) is 33.5 Å². The summed E-state index contributed by atoms with van der Waals surface area (Å²) in [6.07, 6.45) is 0.370. The van der Waals surface area contributed by atoms with Crippen LogP contribution in [0.2, 0.25) is 0 Å². The molecule has 128 valence electrons. The molecule has 0 spiro atoms. The van der Waals surface area contributed by atoms with Gasteiger partial charge in [0.15, 0.2) is 0 Å². The molecule has 1 aliphatic heterocycles. The summed E-state index contributed by atoms with van der Waals surface area (Å²) in [5.74, 6) is 0. The Kier molecular flexibility index (Phi) is 4.59. The van der Waals surface area contributed by atoms with Gasteiger partial charge in [-0.15, -0.1) is 0 Å². The number of nitrogens with two attached hydrogens (primary N) is 1. The summed E-state index contributed by atoms with van der Waals surface area (Å²) >= 11 is 0. The highest BCUT2D eigenvalue weighted by Crippen LogP contribution is 2.38. The molecule has 0 aromatic heterocycles. The van der Waals surface area contributed by atoms with Gasteiger partial charge in [0.2, 0.25) is 0 Å². The third-order valence-electron chi connectivity index (χ3n) is 4.40. The molecule has 1 amide bonds. The van der Waals surface area contributed by atoms with Crippen molar-refractivity contribution in [1.29, 1.82) is 0 Å². The zero-order valence-electron chi connectivity index (χ0n) is 14.5. The van der Waals surface area contributed by atoms with Crippen molar-refractivity contribution in [1.82, 2.24) is 5.06 Å². The van der Waals surface area contributed by atoms with Crippen molar-refractivity contribution in [3.05, 3.63) is 23.8 Å². The van der Waals surface area contributed by atoms with E-state index < -0.39 is 17.2 Å². The first-order chi connectivity index (χ1) is 10.5. The van der Waals surface area contributed by atoms with Crippen LogP contribution in [0.15, 0.2) is 18.2 Å². The number of hydroxylamine groups is 2. The summed E-state index contributed by atoms with van der Waals surface area (Å²) in [7, 11) is 0. The standard InChI is InChI=1S/C17H27N3O3/c1-11-6-7-12(8-14(11)18)19-15(21)23-13-9-16(2,3)20(22)17(4,5)10-13/h6-8,13,22H,9-10,18H2,1-5H3,(H,19,21). The molecular weight excluding hydrogens is 294 g/mol. The molecule has 6 heteroatoms. The summed E-state index contributed by atoms with van der Waals surface area (Å²) < 4.78 is 5.56.